The molecule has 2 aromatic rings. The molecule has 29 heavy (non-hydrogen) atoms. The molecule has 3 aliphatic heterocycles. The van der Waals surface area contributed by atoms with E-state index in [1.165, 1.54) is 0 Å². The van der Waals surface area contributed by atoms with Crippen LogP contribution in [0.3, 0.4) is 0 Å². The Balaban J connectivity index is 0.00000240. The third-order valence-corrected chi connectivity index (χ3v) is 6.17. The van der Waals surface area contributed by atoms with Crippen molar-refractivity contribution in [3.05, 3.63) is 66.2 Å². The second kappa shape index (κ2) is 9.43. The number of carbonyl (C=O) groups is 1. The van der Waals surface area contributed by atoms with E-state index in [9.17, 15) is 10.1 Å². The molecule has 152 valence electrons. The second-order valence-electron chi connectivity index (χ2n) is 7.95. The predicted molar refractivity (Wildman–Crippen MR) is 107 cm³/mol. The largest absolute Gasteiger partial charge is 1.00 e. The van der Waals surface area contributed by atoms with Gasteiger partial charge in [0.25, 0.3) is 0 Å². The number of carbonyl (C=O) groups excluding carboxylic acids is 1. The lowest BCUT2D eigenvalue weighted by Gasteiger charge is -2.50. The second-order valence-corrected chi connectivity index (χ2v) is 7.95. The van der Waals surface area contributed by atoms with Crippen LogP contribution in [0.2, 0.25) is 0 Å². The summed E-state index contributed by atoms with van der Waals surface area (Å²) in [5.74, 6) is 0.414. The van der Waals surface area contributed by atoms with E-state index in [4.69, 9.17) is 4.74 Å². The first-order valence-corrected chi connectivity index (χ1v) is 9.98. The molecule has 5 rings (SSSR count). The number of benzene rings is 2. The average molecular weight is 456 g/mol. The van der Waals surface area contributed by atoms with Crippen LogP contribution in [-0.4, -0.2) is 42.9 Å². The first-order valence-electron chi connectivity index (χ1n) is 9.98. The normalized spacial score (nSPS) is 24.8. The first kappa shape index (κ1) is 21.4. The Labute approximate surface area is 182 Å². The molecule has 5 nitrogen and oxygen atoms in total. The fourth-order valence-electron chi connectivity index (χ4n) is 4.56. The van der Waals surface area contributed by atoms with Gasteiger partial charge in [-0.25, -0.2) is 4.79 Å². The molecule has 3 aliphatic rings. The van der Waals surface area contributed by atoms with Crippen LogP contribution in [0.25, 0.3) is 0 Å². The summed E-state index contributed by atoms with van der Waals surface area (Å²) in [5.41, 5.74) is 1.89. The van der Waals surface area contributed by atoms with Gasteiger partial charge in [0.15, 0.2) is 12.6 Å². The number of halogens is 1. The van der Waals surface area contributed by atoms with E-state index >= 15 is 0 Å². The zero-order valence-electron chi connectivity index (χ0n) is 16.4. The summed E-state index contributed by atoms with van der Waals surface area (Å²) in [4.78, 5) is 14.9. The highest BCUT2D eigenvalue weighted by atomic mass is 79.9. The fraction of sp³-hybridized carbons (Fsp3) is 0.391. The zero-order chi connectivity index (χ0) is 19.4. The molecule has 0 radical (unpaired) electrons. The summed E-state index contributed by atoms with van der Waals surface area (Å²) < 4.78 is 6.82. The fourth-order valence-corrected chi connectivity index (χ4v) is 4.56. The zero-order valence-corrected chi connectivity index (χ0v) is 18.0. The molecule has 0 spiro atoms. The average Bonchev–Trinajstić information content (AvgIpc) is 2.74. The molecule has 0 aromatic heterocycles. The van der Waals surface area contributed by atoms with Gasteiger partial charge < -0.3 is 26.2 Å². The number of fused-ring (bicyclic) bond motifs is 3. The minimum atomic E-state index is -0.302. The molecule has 3 saturated heterocycles. The lowest BCUT2D eigenvalue weighted by molar-refractivity contribution is -0.940. The number of nitrogens with zero attached hydrogens (tertiary/aromatic N) is 3. The standard InChI is InChI=1S/C23H26N3O2.BrH/c24-13-16-26-14-11-20(12-15-26)22(18-26)28-23(27)25(21-9-5-2-6-10-21)17-19-7-3-1-4-8-19;/h1-10,20,22H,11-12,14-18H2;1H/q+1;/p-1/t20?,22-,26?;/m0./s1. The van der Waals surface area contributed by atoms with Crippen LogP contribution in [0.15, 0.2) is 60.7 Å². The Morgan fingerprint density at radius 3 is 2.31 bits per heavy atom. The van der Waals surface area contributed by atoms with E-state index in [2.05, 4.69) is 6.07 Å². The molecule has 2 aromatic carbocycles. The summed E-state index contributed by atoms with van der Waals surface area (Å²) in [5, 5.41) is 9.22. The topological polar surface area (TPSA) is 53.3 Å². The van der Waals surface area contributed by atoms with Gasteiger partial charge >= 0.3 is 6.09 Å². The maximum atomic E-state index is 13.2. The quantitative estimate of drug-likeness (QED) is 0.498. The Hall–Kier alpha value is -2.36. The highest BCUT2D eigenvalue weighted by Crippen LogP contribution is 2.35. The van der Waals surface area contributed by atoms with Gasteiger partial charge in [0.1, 0.15) is 12.6 Å². The van der Waals surface area contributed by atoms with E-state index in [0.29, 0.717) is 19.0 Å². The molecule has 0 unspecified atom stereocenters. The van der Waals surface area contributed by atoms with Crippen molar-refractivity contribution < 1.29 is 31.0 Å². The smallest absolute Gasteiger partial charge is 0.415 e. The summed E-state index contributed by atoms with van der Waals surface area (Å²) in [6.07, 6.45) is 1.65. The van der Waals surface area contributed by atoms with Crippen LogP contribution in [0.4, 0.5) is 10.5 Å². The van der Waals surface area contributed by atoms with Gasteiger partial charge in [0.05, 0.1) is 19.6 Å². The van der Waals surface area contributed by atoms with Crippen LogP contribution in [0, 0.1) is 17.2 Å². The van der Waals surface area contributed by atoms with Crippen LogP contribution < -0.4 is 21.9 Å². The summed E-state index contributed by atoms with van der Waals surface area (Å²) in [6, 6.07) is 22.0. The Morgan fingerprint density at radius 2 is 1.69 bits per heavy atom. The minimum Gasteiger partial charge on any atom is -1.00 e. The number of anilines is 1. The number of piperidine rings is 3. The third-order valence-electron chi connectivity index (χ3n) is 6.17. The third kappa shape index (κ3) is 4.80. The lowest BCUT2D eigenvalue weighted by atomic mass is 9.83. The molecule has 0 N–H and O–H groups in total. The van der Waals surface area contributed by atoms with Gasteiger partial charge in [0.2, 0.25) is 0 Å². The Morgan fingerprint density at radius 1 is 1.07 bits per heavy atom. The number of para-hydroxylation sites is 1. The maximum Gasteiger partial charge on any atom is 0.415 e. The molecular formula is C23H26BrN3O2. The van der Waals surface area contributed by atoms with Gasteiger partial charge in [-0.2, -0.15) is 5.26 Å². The van der Waals surface area contributed by atoms with Crippen molar-refractivity contribution in [1.29, 1.82) is 5.26 Å². The monoisotopic (exact) mass is 455 g/mol. The number of ether oxygens (including phenoxy) is 1. The molecule has 2 bridgehead atoms. The van der Waals surface area contributed by atoms with Crippen molar-refractivity contribution in [3.63, 3.8) is 0 Å². The summed E-state index contributed by atoms with van der Waals surface area (Å²) in [6.45, 7) is 3.79. The first-order chi connectivity index (χ1) is 13.7. The predicted octanol–water partition coefficient (Wildman–Crippen LogP) is 0.966. The molecule has 0 saturated carbocycles. The van der Waals surface area contributed by atoms with Gasteiger partial charge in [-0.1, -0.05) is 48.5 Å². The van der Waals surface area contributed by atoms with Crippen LogP contribution in [-0.2, 0) is 11.3 Å². The maximum absolute atomic E-state index is 13.2. The number of nitriles is 1. The van der Waals surface area contributed by atoms with E-state index < -0.39 is 0 Å². The summed E-state index contributed by atoms with van der Waals surface area (Å²) >= 11 is 0. The van der Waals surface area contributed by atoms with Gasteiger partial charge in [-0.3, -0.25) is 4.90 Å². The Kier molecular flexibility index (Phi) is 6.94. The molecular weight excluding hydrogens is 430 g/mol. The summed E-state index contributed by atoms with van der Waals surface area (Å²) in [7, 11) is 0. The van der Waals surface area contributed by atoms with Crippen molar-refractivity contribution in [2.75, 3.05) is 31.1 Å². The molecule has 1 amide bonds. The molecule has 3 heterocycles. The molecule has 6 heteroatoms. The minimum absolute atomic E-state index is 0. The van der Waals surface area contributed by atoms with Crippen molar-refractivity contribution in [2.45, 2.75) is 25.5 Å². The lowest BCUT2D eigenvalue weighted by Crippen LogP contribution is -3.00. The van der Waals surface area contributed by atoms with Gasteiger partial charge in [0, 0.05) is 24.4 Å². The van der Waals surface area contributed by atoms with Crippen molar-refractivity contribution in [1.82, 2.24) is 0 Å². The molecule has 0 aliphatic carbocycles. The van der Waals surface area contributed by atoms with E-state index in [-0.39, 0.29) is 29.2 Å². The van der Waals surface area contributed by atoms with Crippen molar-refractivity contribution in [3.8, 4) is 6.07 Å². The SMILES string of the molecule is N#CC[N+]12CCC(CC1)[C@@H](OC(=O)N(Cc1ccccc1)c1ccccc1)C2.[Br-]. The van der Waals surface area contributed by atoms with E-state index in [1.54, 1.807) is 4.90 Å². The van der Waals surface area contributed by atoms with Crippen LogP contribution in [0.5, 0.6) is 0 Å². The Bertz CT molecular complexity index is 845. The number of rotatable bonds is 5. The van der Waals surface area contributed by atoms with Crippen molar-refractivity contribution >= 4 is 11.8 Å². The van der Waals surface area contributed by atoms with Gasteiger partial charge in [-0.15, -0.1) is 0 Å². The number of hydrogen-bond donors (Lipinski definition) is 0. The van der Waals surface area contributed by atoms with E-state index in [0.717, 1.165) is 48.2 Å². The number of amides is 1. The van der Waals surface area contributed by atoms with E-state index in [1.807, 2.05) is 60.7 Å². The van der Waals surface area contributed by atoms with Crippen molar-refractivity contribution in [2.24, 2.45) is 5.92 Å². The molecule has 3 fully saturated rings. The highest BCUT2D eigenvalue weighted by molar-refractivity contribution is 5.87. The number of quaternary nitrogens is 1. The van der Waals surface area contributed by atoms with Crippen LogP contribution in [0.1, 0.15) is 18.4 Å². The van der Waals surface area contributed by atoms with Gasteiger partial charge in [-0.05, 0) is 17.7 Å². The van der Waals surface area contributed by atoms with Crippen LogP contribution >= 0.6 is 0 Å². The highest BCUT2D eigenvalue weighted by Gasteiger charge is 2.47. The molecule has 1 atom stereocenters. The number of hydrogen-bond acceptors (Lipinski definition) is 3.